The van der Waals surface area contributed by atoms with Crippen molar-refractivity contribution in [3.8, 4) is 0 Å². The molecule has 1 aliphatic carbocycles. The van der Waals surface area contributed by atoms with Crippen molar-refractivity contribution in [2.24, 2.45) is 0 Å². The maximum Gasteiger partial charge on any atom is 0.112 e. The van der Waals surface area contributed by atoms with Crippen LogP contribution < -0.4 is 5.32 Å². The predicted molar refractivity (Wildman–Crippen MR) is 31.3 cm³/mol. The topological polar surface area (TPSA) is 46.2 Å². The average molecular weight is 311 g/mol. The van der Waals surface area contributed by atoms with Crippen molar-refractivity contribution in [1.29, 1.82) is 0 Å². The van der Waals surface area contributed by atoms with Crippen molar-refractivity contribution in [3.63, 3.8) is 0 Å². The van der Waals surface area contributed by atoms with E-state index in [4.69, 9.17) is 0 Å². The van der Waals surface area contributed by atoms with Gasteiger partial charge in [-0.1, -0.05) is 6.42 Å². The van der Waals surface area contributed by atoms with Crippen molar-refractivity contribution in [2.45, 2.75) is 6.42 Å². The summed E-state index contributed by atoms with van der Waals surface area (Å²) in [5.41, 5.74) is 0.731. The second-order valence-electron chi connectivity index (χ2n) is 2.11. The van der Waals surface area contributed by atoms with Crippen LogP contribution in [0.3, 0.4) is 0 Å². The average Bonchev–Trinajstić information content (AvgIpc) is 2.41. The van der Waals surface area contributed by atoms with Crippen molar-refractivity contribution >= 4 is 11.7 Å². The molecule has 0 saturated heterocycles. The summed E-state index contributed by atoms with van der Waals surface area (Å²) in [6.45, 7) is 0. The Bertz CT molecular complexity index is 264. The van der Waals surface area contributed by atoms with E-state index in [1.54, 1.807) is 0 Å². The first-order chi connectivity index (χ1) is 4.79. The van der Waals surface area contributed by atoms with E-state index in [1.807, 2.05) is 0 Å². The minimum atomic E-state index is -0.263. The Morgan fingerprint density at radius 3 is 2.42 bits per heavy atom. The fourth-order valence-corrected chi connectivity index (χ4v) is 0.993. The smallest absolute Gasteiger partial charge is 0.112 e. The molecule has 0 aromatic heterocycles. The Balaban J connectivity index is 0.000000605. The third kappa shape index (κ3) is 2.01. The van der Waals surface area contributed by atoms with Crippen LogP contribution in [0.2, 0.25) is 0 Å². The van der Waals surface area contributed by atoms with Gasteiger partial charge in [-0.25, -0.2) is 6.08 Å². The number of amides is 1. The van der Waals surface area contributed by atoms with Crippen molar-refractivity contribution in [2.75, 3.05) is 0 Å². The van der Waals surface area contributed by atoms with Crippen LogP contribution in [-0.4, -0.2) is 11.7 Å². The number of nitrogens with one attached hydrogen (secondary N) is 1. The number of hydrogen-bond donors (Lipinski definition) is 1. The first-order valence-corrected chi connectivity index (χ1v) is 2.87. The van der Waals surface area contributed by atoms with E-state index in [0.29, 0.717) is 11.1 Å². The molecular formula is C7H3NO2Y2-2. The Morgan fingerprint density at radius 1 is 1.17 bits per heavy atom. The fourth-order valence-electron chi connectivity index (χ4n) is 0.993. The molecule has 0 bridgehead atoms. The summed E-state index contributed by atoms with van der Waals surface area (Å²) in [4.78, 5) is 21.6. The molecule has 1 heterocycles. The zero-order valence-corrected chi connectivity index (χ0v) is 11.9. The molecule has 0 atom stereocenters. The fraction of sp³-hybridized carbons (Fsp3) is 0.143. The standard InChI is InChI=1S/C7H3NO2.2Y/c9-6-2-1-4-5(6)3-8-7(4)10;;/h2H2,(H,8,10);;/q-2;;. The molecule has 3 nitrogen and oxygen atoms in total. The number of rotatable bonds is 0. The molecule has 1 amide bonds. The molecule has 56 valence electrons. The van der Waals surface area contributed by atoms with Gasteiger partial charge in [0.1, 0.15) is 5.91 Å². The van der Waals surface area contributed by atoms with Crippen molar-refractivity contribution < 1.29 is 75.0 Å². The van der Waals surface area contributed by atoms with E-state index < -0.39 is 0 Å². The number of hydrogen-bond acceptors (Lipinski definition) is 2. The van der Waals surface area contributed by atoms with E-state index in [2.05, 4.69) is 17.6 Å². The molecule has 0 saturated carbocycles. The van der Waals surface area contributed by atoms with Crippen LogP contribution in [0.1, 0.15) is 6.42 Å². The van der Waals surface area contributed by atoms with Crippen LogP contribution in [-0.2, 0) is 75.0 Å². The largest absolute Gasteiger partial charge is 0.428 e. The SMILES string of the molecule is O=C1C[C-]=C2C(=O)N[C-]=C12.[Y].[Y]. The third-order valence-corrected chi connectivity index (χ3v) is 1.48. The van der Waals surface area contributed by atoms with Crippen molar-refractivity contribution in [1.82, 2.24) is 5.32 Å². The van der Waals surface area contributed by atoms with Crippen molar-refractivity contribution in [3.05, 3.63) is 23.4 Å². The summed E-state index contributed by atoms with van der Waals surface area (Å²) < 4.78 is 0. The molecule has 0 aromatic rings. The normalized spacial score (nSPS) is 18.3. The number of carbonyl (C=O) groups excluding carboxylic acids is 2. The van der Waals surface area contributed by atoms with E-state index >= 15 is 0 Å². The first kappa shape index (κ1) is 12.8. The molecule has 0 spiro atoms. The van der Waals surface area contributed by atoms with E-state index in [1.165, 1.54) is 0 Å². The zero-order valence-electron chi connectivity index (χ0n) is 6.18. The molecule has 12 heavy (non-hydrogen) atoms. The monoisotopic (exact) mass is 311 g/mol. The van der Waals surface area contributed by atoms with Gasteiger partial charge >= 0.3 is 0 Å². The number of fused-ring (bicyclic) bond motifs is 1. The van der Waals surface area contributed by atoms with Gasteiger partial charge in [-0.3, -0.25) is 0 Å². The Hall–Kier alpha value is 0.828. The minimum absolute atomic E-state index is 0. The predicted octanol–water partition coefficient (Wildman–Crippen LogP) is -0.499. The van der Waals surface area contributed by atoms with E-state index in [-0.39, 0.29) is 83.5 Å². The molecule has 2 aliphatic rings. The molecule has 0 aromatic carbocycles. The number of carbonyl (C=O) groups is 2. The van der Waals surface area contributed by atoms with Crippen LogP contribution in [0.25, 0.3) is 0 Å². The minimum Gasteiger partial charge on any atom is -0.428 e. The maximum absolute atomic E-state index is 10.8. The maximum atomic E-state index is 10.8. The Morgan fingerprint density at radius 2 is 1.83 bits per heavy atom. The Kier molecular flexibility index (Phi) is 5.23. The quantitative estimate of drug-likeness (QED) is 0.613. The van der Waals surface area contributed by atoms with Crippen LogP contribution in [0.15, 0.2) is 11.1 Å². The van der Waals surface area contributed by atoms with Gasteiger partial charge in [-0.15, -0.1) is 6.20 Å². The van der Waals surface area contributed by atoms with Gasteiger partial charge in [0.05, 0.1) is 0 Å². The molecule has 0 fully saturated rings. The van der Waals surface area contributed by atoms with E-state index in [0.717, 1.165) is 0 Å². The van der Waals surface area contributed by atoms with E-state index in [9.17, 15) is 9.59 Å². The number of Topliss-reactive ketones (excluding diaryl/α,β-unsaturated/α-hetero) is 1. The second kappa shape index (κ2) is 4.90. The molecule has 2 rings (SSSR count). The van der Waals surface area contributed by atoms with Gasteiger partial charge in [-0.05, 0) is 0 Å². The third-order valence-electron chi connectivity index (χ3n) is 1.48. The van der Waals surface area contributed by atoms with Crippen LogP contribution >= 0.6 is 0 Å². The van der Waals surface area contributed by atoms with Gasteiger partial charge in [0, 0.05) is 71.2 Å². The summed E-state index contributed by atoms with van der Waals surface area (Å²) in [5.74, 6) is -0.339. The molecule has 1 aliphatic heterocycles. The summed E-state index contributed by atoms with van der Waals surface area (Å²) >= 11 is 0. The molecule has 0 unspecified atom stereocenters. The van der Waals surface area contributed by atoms with Gasteiger partial charge in [0.2, 0.25) is 0 Å². The number of allylic oxidation sites excluding steroid dienone is 1. The number of ketones is 1. The summed E-state index contributed by atoms with van der Waals surface area (Å²) in [7, 11) is 0. The summed E-state index contributed by atoms with van der Waals surface area (Å²) in [6.07, 6.45) is 5.39. The van der Waals surface area contributed by atoms with Crippen LogP contribution in [0.5, 0.6) is 0 Å². The summed E-state index contributed by atoms with van der Waals surface area (Å²) in [5, 5.41) is 2.31. The van der Waals surface area contributed by atoms with Crippen LogP contribution in [0, 0.1) is 12.3 Å². The first-order valence-electron chi connectivity index (χ1n) is 2.87. The van der Waals surface area contributed by atoms with Gasteiger partial charge in [0.15, 0.2) is 0 Å². The second-order valence-corrected chi connectivity index (χ2v) is 2.11. The molecule has 5 heteroatoms. The summed E-state index contributed by atoms with van der Waals surface area (Å²) in [6, 6.07) is 0. The van der Waals surface area contributed by atoms with Gasteiger partial charge in [0.25, 0.3) is 0 Å². The molecule has 2 radical (unpaired) electrons. The molecule has 1 N–H and O–H groups in total. The van der Waals surface area contributed by atoms with Crippen LogP contribution in [0.4, 0.5) is 0 Å². The van der Waals surface area contributed by atoms with Gasteiger partial charge in [-0.2, -0.15) is 11.1 Å². The molecular weight excluding hydrogens is 308 g/mol. The Labute approximate surface area is 120 Å². The zero-order chi connectivity index (χ0) is 7.14. The van der Waals surface area contributed by atoms with Gasteiger partial charge < -0.3 is 14.9 Å².